The third-order valence-corrected chi connectivity index (χ3v) is 2.90. The fraction of sp³-hybridized carbons (Fsp3) is 0.909. The van der Waals surface area contributed by atoms with E-state index in [-0.39, 0.29) is 0 Å². The predicted octanol–water partition coefficient (Wildman–Crippen LogP) is -3.95. The molecule has 7 atom stereocenters. The van der Waals surface area contributed by atoms with Crippen molar-refractivity contribution in [1.29, 1.82) is 0 Å². The molecule has 0 radical (unpaired) electrons. The number of aliphatic hydroxyl groups is 6. The van der Waals surface area contributed by atoms with Gasteiger partial charge in [0.15, 0.2) is 6.29 Å². The molecule has 6 N–H and O–H groups in total. The van der Waals surface area contributed by atoms with Crippen LogP contribution in [-0.4, -0.2) is 92.9 Å². The van der Waals surface area contributed by atoms with Crippen LogP contribution in [0.3, 0.4) is 0 Å². The van der Waals surface area contributed by atoms with Crippen LogP contribution in [0.2, 0.25) is 0 Å². The van der Waals surface area contributed by atoms with Gasteiger partial charge in [-0.2, -0.15) is 0 Å². The second-order valence-corrected chi connectivity index (χ2v) is 4.60. The van der Waals surface area contributed by atoms with Crippen LogP contribution in [-0.2, 0) is 19.0 Å². The summed E-state index contributed by atoms with van der Waals surface area (Å²) in [7, 11) is 0. The summed E-state index contributed by atoms with van der Waals surface area (Å²) in [6.45, 7) is -0.159. The average molecular weight is 312 g/mol. The van der Waals surface area contributed by atoms with E-state index in [1.165, 1.54) is 0 Å². The summed E-state index contributed by atoms with van der Waals surface area (Å²) < 4.78 is 14.5. The monoisotopic (exact) mass is 312 g/mol. The number of carbonyl (C=O) groups is 1. The predicted molar refractivity (Wildman–Crippen MR) is 63.5 cm³/mol. The molecule has 0 saturated carbocycles. The minimum Gasteiger partial charge on any atom is -0.433 e. The highest BCUT2D eigenvalue weighted by atomic mass is 16.7. The van der Waals surface area contributed by atoms with Gasteiger partial charge < -0.3 is 44.8 Å². The Balaban J connectivity index is 2.61. The molecule has 10 heteroatoms. The molecule has 1 rings (SSSR count). The lowest BCUT2D eigenvalue weighted by Crippen LogP contribution is -2.59. The Bertz CT molecular complexity index is 337. The Labute approximate surface area is 120 Å². The maximum absolute atomic E-state index is 10.9. The first-order valence-electron chi connectivity index (χ1n) is 6.23. The summed E-state index contributed by atoms with van der Waals surface area (Å²) in [6.07, 6.45) is -10.9. The van der Waals surface area contributed by atoms with Gasteiger partial charge in [-0.15, -0.1) is 0 Å². The molecular formula is C11H20O10. The smallest absolute Gasteiger partial charge is 0.305 e. The molecule has 1 aliphatic heterocycles. The van der Waals surface area contributed by atoms with Gasteiger partial charge in [-0.05, 0) is 0 Å². The first kappa shape index (κ1) is 18.2. The average Bonchev–Trinajstić information content (AvgIpc) is 2.44. The molecule has 21 heavy (non-hydrogen) atoms. The van der Waals surface area contributed by atoms with E-state index in [1.54, 1.807) is 0 Å². The number of hydrogen-bond acceptors (Lipinski definition) is 10. The van der Waals surface area contributed by atoms with Gasteiger partial charge >= 0.3 is 5.97 Å². The van der Waals surface area contributed by atoms with E-state index in [9.17, 15) is 25.2 Å². The highest BCUT2D eigenvalue weighted by Gasteiger charge is 2.45. The largest absolute Gasteiger partial charge is 0.433 e. The minimum absolute atomic E-state index is 0.485. The van der Waals surface area contributed by atoms with Crippen molar-refractivity contribution in [2.24, 2.45) is 0 Å². The normalized spacial score (nSPS) is 36.0. The van der Waals surface area contributed by atoms with E-state index in [0.717, 1.165) is 6.92 Å². The molecule has 124 valence electrons. The van der Waals surface area contributed by atoms with Crippen LogP contribution in [0.5, 0.6) is 0 Å². The van der Waals surface area contributed by atoms with Gasteiger partial charge in [0.25, 0.3) is 0 Å². The Morgan fingerprint density at radius 3 is 2.33 bits per heavy atom. The van der Waals surface area contributed by atoms with Gasteiger partial charge in [0.2, 0.25) is 6.29 Å². The third kappa shape index (κ3) is 4.83. The molecule has 1 saturated heterocycles. The molecular weight excluding hydrogens is 292 g/mol. The van der Waals surface area contributed by atoms with Crippen molar-refractivity contribution in [1.82, 2.24) is 0 Å². The lowest BCUT2D eigenvalue weighted by molar-refractivity contribution is -0.302. The first-order valence-corrected chi connectivity index (χ1v) is 6.23. The van der Waals surface area contributed by atoms with Crippen molar-refractivity contribution in [2.45, 2.75) is 50.0 Å². The van der Waals surface area contributed by atoms with Crippen molar-refractivity contribution in [3.63, 3.8) is 0 Å². The van der Waals surface area contributed by atoms with Crippen LogP contribution < -0.4 is 0 Å². The van der Waals surface area contributed by atoms with Crippen LogP contribution >= 0.6 is 0 Å². The lowest BCUT2D eigenvalue weighted by atomic mass is 9.99. The van der Waals surface area contributed by atoms with Gasteiger partial charge in [0, 0.05) is 6.92 Å². The standard InChI is InChI=1S/C11H20O10/c1-4(13)20-11-9(17)8(16)7(15)6(21-11)3-19-10(18)5(14)2-12/h5-12,14-18H,2-3H2,1H3. The van der Waals surface area contributed by atoms with Gasteiger partial charge in [-0.1, -0.05) is 0 Å². The van der Waals surface area contributed by atoms with Crippen LogP contribution in [0.1, 0.15) is 6.92 Å². The topological polar surface area (TPSA) is 166 Å². The van der Waals surface area contributed by atoms with Gasteiger partial charge in [0.05, 0.1) is 13.2 Å². The molecule has 1 heterocycles. The summed E-state index contributed by atoms with van der Waals surface area (Å²) >= 11 is 0. The summed E-state index contributed by atoms with van der Waals surface area (Å²) in [6, 6.07) is 0. The van der Waals surface area contributed by atoms with Crippen molar-refractivity contribution >= 4 is 5.97 Å². The van der Waals surface area contributed by atoms with E-state index in [1.807, 2.05) is 0 Å². The first-order chi connectivity index (χ1) is 9.77. The zero-order valence-corrected chi connectivity index (χ0v) is 11.3. The van der Waals surface area contributed by atoms with Crippen LogP contribution in [0.25, 0.3) is 0 Å². The Morgan fingerprint density at radius 1 is 1.19 bits per heavy atom. The number of aliphatic hydroxyl groups excluding tert-OH is 6. The molecule has 7 unspecified atom stereocenters. The van der Waals surface area contributed by atoms with E-state index >= 15 is 0 Å². The van der Waals surface area contributed by atoms with Crippen LogP contribution in [0.4, 0.5) is 0 Å². The van der Waals surface area contributed by atoms with Gasteiger partial charge in [0.1, 0.15) is 30.5 Å². The summed E-state index contributed by atoms with van der Waals surface area (Å²) in [4.78, 5) is 10.9. The Morgan fingerprint density at radius 2 is 1.81 bits per heavy atom. The molecule has 0 amide bonds. The lowest BCUT2D eigenvalue weighted by Gasteiger charge is -2.39. The molecule has 0 spiro atoms. The van der Waals surface area contributed by atoms with E-state index in [4.69, 9.17) is 19.7 Å². The SMILES string of the molecule is CC(=O)OC1OC(COC(O)C(O)CO)C(O)C(O)C1O. The molecule has 0 aromatic heterocycles. The van der Waals surface area contributed by atoms with Gasteiger partial charge in [-0.3, -0.25) is 4.79 Å². The van der Waals surface area contributed by atoms with E-state index < -0.39 is 62.3 Å². The third-order valence-electron chi connectivity index (χ3n) is 2.90. The fourth-order valence-corrected chi connectivity index (χ4v) is 1.71. The fourth-order valence-electron chi connectivity index (χ4n) is 1.71. The van der Waals surface area contributed by atoms with Crippen molar-refractivity contribution in [3.8, 4) is 0 Å². The second kappa shape index (κ2) is 7.96. The summed E-state index contributed by atoms with van der Waals surface area (Å²) in [5.74, 6) is -0.766. The Kier molecular flexibility index (Phi) is 6.90. The number of esters is 1. The number of hydrogen-bond donors (Lipinski definition) is 6. The van der Waals surface area contributed by atoms with Crippen molar-refractivity contribution in [2.75, 3.05) is 13.2 Å². The molecule has 0 bridgehead atoms. The van der Waals surface area contributed by atoms with Crippen LogP contribution in [0, 0.1) is 0 Å². The van der Waals surface area contributed by atoms with Gasteiger partial charge in [-0.25, -0.2) is 0 Å². The second-order valence-electron chi connectivity index (χ2n) is 4.60. The zero-order valence-electron chi connectivity index (χ0n) is 11.3. The van der Waals surface area contributed by atoms with Crippen molar-refractivity contribution in [3.05, 3.63) is 0 Å². The molecule has 0 aliphatic carbocycles. The summed E-state index contributed by atoms with van der Waals surface area (Å²) in [5.41, 5.74) is 0. The van der Waals surface area contributed by atoms with Crippen LogP contribution in [0.15, 0.2) is 0 Å². The maximum atomic E-state index is 10.9. The quantitative estimate of drug-likeness (QED) is 0.210. The van der Waals surface area contributed by atoms with E-state index in [2.05, 4.69) is 4.74 Å². The van der Waals surface area contributed by atoms with E-state index in [0.29, 0.717) is 0 Å². The molecule has 0 aromatic rings. The molecule has 0 aromatic carbocycles. The highest BCUT2D eigenvalue weighted by Crippen LogP contribution is 2.22. The molecule has 1 aliphatic rings. The summed E-state index contributed by atoms with van der Waals surface area (Å²) in [5, 5.41) is 56.0. The maximum Gasteiger partial charge on any atom is 0.305 e. The highest BCUT2D eigenvalue weighted by molar-refractivity contribution is 5.66. The zero-order chi connectivity index (χ0) is 16.2. The van der Waals surface area contributed by atoms with Crippen molar-refractivity contribution < 1.29 is 49.6 Å². The Hall–Kier alpha value is -0.850. The molecule has 10 nitrogen and oxygen atoms in total. The molecule has 1 fully saturated rings. The number of carbonyl (C=O) groups excluding carboxylic acids is 1. The number of ether oxygens (including phenoxy) is 3. The number of rotatable bonds is 6. The minimum atomic E-state index is -1.73.